The number of unbranched alkanes of at least 4 members (excludes halogenated alkanes) is 1. The zero-order valence-corrected chi connectivity index (χ0v) is 30.5. The number of ether oxygens (including phenoxy) is 1. The summed E-state index contributed by atoms with van der Waals surface area (Å²) in [5.74, 6) is 0.730. The minimum Gasteiger partial charge on any atom is -0.375 e. The number of nitrogens with zero attached hydrogens (tertiary/aromatic N) is 4. The second kappa shape index (κ2) is 24.4. The van der Waals surface area contributed by atoms with Crippen LogP contribution >= 0.6 is 0 Å². The maximum Gasteiger partial charge on any atom is 0.257 e. The number of nitriles is 1. The van der Waals surface area contributed by atoms with Crippen molar-refractivity contribution in [2.24, 2.45) is 0 Å². The highest BCUT2D eigenvalue weighted by molar-refractivity contribution is 5.68. The molecule has 0 bridgehead atoms. The van der Waals surface area contributed by atoms with Gasteiger partial charge in [-0.2, -0.15) is 5.26 Å². The summed E-state index contributed by atoms with van der Waals surface area (Å²) in [7, 11) is 2.10. The maximum absolute atomic E-state index is 14.2. The number of aryl methyl sites for hydroxylation is 2. The molecule has 0 aliphatic carbocycles. The highest BCUT2D eigenvalue weighted by Gasteiger charge is 2.20. The van der Waals surface area contributed by atoms with Crippen LogP contribution in [-0.4, -0.2) is 47.3 Å². The fraction of sp³-hybridized carbons (Fsp3) is 0.488. The van der Waals surface area contributed by atoms with Crippen molar-refractivity contribution in [3.05, 3.63) is 118 Å². The van der Waals surface area contributed by atoms with E-state index in [-0.39, 0.29) is 11.7 Å². The molecule has 1 aromatic carbocycles. The zero-order chi connectivity index (χ0) is 35.0. The predicted molar refractivity (Wildman–Crippen MR) is 201 cm³/mol. The van der Waals surface area contributed by atoms with Gasteiger partial charge in [0.2, 0.25) is 0 Å². The van der Waals surface area contributed by atoms with Crippen molar-refractivity contribution in [1.29, 1.82) is 5.26 Å². The largest absolute Gasteiger partial charge is 0.375 e. The zero-order valence-electron chi connectivity index (χ0n) is 30.5. The topological polar surface area (TPSA) is 71.2 Å². The van der Waals surface area contributed by atoms with E-state index in [1.807, 2.05) is 75.6 Å². The molecule has 6 nitrogen and oxygen atoms in total. The third-order valence-electron chi connectivity index (χ3n) is 7.62. The molecule has 0 N–H and O–H groups in total. The smallest absolute Gasteiger partial charge is 0.257 e. The summed E-state index contributed by atoms with van der Waals surface area (Å²) in [6.45, 7) is 20.6. The lowest BCUT2D eigenvalue weighted by molar-refractivity contribution is 0.0286. The van der Waals surface area contributed by atoms with Crippen molar-refractivity contribution in [2.75, 3.05) is 26.7 Å². The molecule has 1 atom stereocenters. The molecule has 6 heteroatoms. The van der Waals surface area contributed by atoms with Crippen LogP contribution in [-0.2, 0) is 24.1 Å². The standard InChI is InChI=1S/C39H54N4O2.C2H6/c1-8-13-15-16-19-34(25-26-40)35-23-21-32(22-24-35)27-37-38(20-14-9-2)41-31(6)43(39(37)44)30-36(45-12-5)29-42(7)28-33(17-10-3)18-11-4;1-2/h8,10,15-19,21-24,36H,1,9,11-14,20,25,27-30H2,2-7H3;1-2H3/b16-15-,17-10-,33-18+,34-19+;. The normalized spacial score (nSPS) is 12.8. The second-order valence-corrected chi connectivity index (χ2v) is 11.4. The second-order valence-electron chi connectivity index (χ2n) is 11.4. The Bertz CT molecular complexity index is 1420. The highest BCUT2D eigenvalue weighted by atomic mass is 16.5. The minimum absolute atomic E-state index is 0.0166. The predicted octanol–water partition coefficient (Wildman–Crippen LogP) is 9.19. The van der Waals surface area contributed by atoms with Crippen molar-refractivity contribution < 1.29 is 4.74 Å². The summed E-state index contributed by atoms with van der Waals surface area (Å²) in [4.78, 5) is 21.4. The van der Waals surface area contributed by atoms with Crippen LogP contribution in [0.15, 0.2) is 83.7 Å². The molecule has 0 saturated carbocycles. The van der Waals surface area contributed by atoms with Gasteiger partial charge in [0.15, 0.2) is 0 Å². The summed E-state index contributed by atoms with van der Waals surface area (Å²) < 4.78 is 7.98. The molecular weight excluding hydrogens is 580 g/mol. The third-order valence-corrected chi connectivity index (χ3v) is 7.62. The van der Waals surface area contributed by atoms with Crippen LogP contribution in [0.1, 0.15) is 102 Å². The molecule has 47 heavy (non-hydrogen) atoms. The van der Waals surface area contributed by atoms with Gasteiger partial charge >= 0.3 is 0 Å². The lowest BCUT2D eigenvalue weighted by Crippen LogP contribution is -2.39. The monoisotopic (exact) mass is 640 g/mol. The Labute approximate surface area is 285 Å². The lowest BCUT2D eigenvalue weighted by Gasteiger charge is -2.26. The fourth-order valence-corrected chi connectivity index (χ4v) is 5.43. The quantitative estimate of drug-likeness (QED) is 0.107. The molecule has 256 valence electrons. The highest BCUT2D eigenvalue weighted by Crippen LogP contribution is 2.21. The molecule has 1 heterocycles. The molecule has 2 aromatic rings. The molecule has 1 unspecified atom stereocenters. The molecule has 0 radical (unpaired) electrons. The van der Waals surface area contributed by atoms with Gasteiger partial charge < -0.3 is 4.74 Å². The van der Waals surface area contributed by atoms with Gasteiger partial charge in [0.1, 0.15) is 5.82 Å². The van der Waals surface area contributed by atoms with E-state index in [0.717, 1.165) is 72.4 Å². The van der Waals surface area contributed by atoms with Gasteiger partial charge in [0.05, 0.1) is 30.8 Å². The van der Waals surface area contributed by atoms with Crippen molar-refractivity contribution >= 4 is 5.57 Å². The average Bonchev–Trinajstić information content (AvgIpc) is 3.06. The maximum atomic E-state index is 14.2. The Kier molecular flexibility index (Phi) is 21.4. The fourth-order valence-electron chi connectivity index (χ4n) is 5.43. The molecule has 0 saturated heterocycles. The van der Waals surface area contributed by atoms with E-state index >= 15 is 0 Å². The number of likely N-dealkylation sites (N-methyl/N-ethyl adjacent to an activating group) is 1. The molecule has 1 aromatic heterocycles. The van der Waals surface area contributed by atoms with Gasteiger partial charge in [-0.25, -0.2) is 4.98 Å². The average molecular weight is 641 g/mol. The van der Waals surface area contributed by atoms with Crippen LogP contribution in [0.5, 0.6) is 0 Å². The number of benzene rings is 1. The summed E-state index contributed by atoms with van der Waals surface area (Å²) in [5.41, 5.74) is 5.95. The van der Waals surface area contributed by atoms with E-state index in [1.165, 1.54) is 5.57 Å². The third kappa shape index (κ3) is 14.7. The first-order valence-electron chi connectivity index (χ1n) is 17.4. The van der Waals surface area contributed by atoms with Gasteiger partial charge in [-0.3, -0.25) is 14.3 Å². The van der Waals surface area contributed by atoms with E-state index in [4.69, 9.17) is 9.72 Å². The van der Waals surface area contributed by atoms with Gasteiger partial charge in [-0.1, -0.05) is 101 Å². The number of aromatic nitrogens is 2. The number of rotatable bonds is 20. The molecule has 0 spiro atoms. The first-order chi connectivity index (χ1) is 22.8. The van der Waals surface area contributed by atoms with Crippen LogP contribution in [0.25, 0.3) is 5.57 Å². The number of hydrogen-bond donors (Lipinski definition) is 0. The molecular formula is C41H60N4O2. The van der Waals surface area contributed by atoms with Crippen LogP contribution in [0.2, 0.25) is 0 Å². The summed E-state index contributed by atoms with van der Waals surface area (Å²) in [6, 6.07) is 10.5. The minimum atomic E-state index is -0.147. The van der Waals surface area contributed by atoms with Gasteiger partial charge in [0.25, 0.3) is 5.56 Å². The van der Waals surface area contributed by atoms with Gasteiger partial charge in [-0.15, -0.1) is 6.58 Å². The van der Waals surface area contributed by atoms with E-state index < -0.39 is 0 Å². The summed E-state index contributed by atoms with van der Waals surface area (Å²) >= 11 is 0. The molecule has 0 aliphatic heterocycles. The molecule has 0 aliphatic rings. The summed E-state index contributed by atoms with van der Waals surface area (Å²) in [5, 5.41) is 9.36. The van der Waals surface area contributed by atoms with Crippen molar-refractivity contribution in [3.63, 3.8) is 0 Å². The van der Waals surface area contributed by atoms with Crippen molar-refractivity contribution in [3.8, 4) is 6.07 Å². The molecule has 0 amide bonds. The first kappa shape index (κ1) is 41.2. The van der Waals surface area contributed by atoms with E-state index in [2.05, 4.69) is 68.8 Å². The number of allylic oxidation sites excluding steroid dienone is 7. The molecule has 2 rings (SSSR count). The van der Waals surface area contributed by atoms with E-state index in [1.54, 1.807) is 0 Å². The van der Waals surface area contributed by atoms with Gasteiger partial charge in [0, 0.05) is 31.7 Å². The molecule has 0 fully saturated rings. The van der Waals surface area contributed by atoms with Crippen LogP contribution in [0.4, 0.5) is 0 Å². The van der Waals surface area contributed by atoms with Crippen molar-refractivity contribution in [2.45, 2.75) is 106 Å². The Balaban J connectivity index is 0.00000541. The van der Waals surface area contributed by atoms with E-state index in [0.29, 0.717) is 32.5 Å². The number of hydrogen-bond acceptors (Lipinski definition) is 5. The van der Waals surface area contributed by atoms with E-state index in [9.17, 15) is 10.1 Å². The summed E-state index contributed by atoms with van der Waals surface area (Å²) in [6.07, 6.45) is 19.6. The van der Waals surface area contributed by atoms with Crippen LogP contribution < -0.4 is 5.56 Å². The first-order valence-corrected chi connectivity index (χ1v) is 17.4. The van der Waals surface area contributed by atoms with Crippen LogP contribution in [0, 0.1) is 18.3 Å². The Morgan fingerprint density at radius 1 is 1.19 bits per heavy atom. The SMILES string of the molecule is C=CC/C=C\C=C(/CC#N)c1ccc(Cc2c(CCCC)nc(C)n(CC(CN(C)CC(/C=C\C)=C/CC)OCC)c2=O)cc1.CC. The Morgan fingerprint density at radius 3 is 2.51 bits per heavy atom. The Hall–Kier alpha value is -3.79. The van der Waals surface area contributed by atoms with Crippen molar-refractivity contribution in [1.82, 2.24) is 14.5 Å². The van der Waals surface area contributed by atoms with Gasteiger partial charge in [-0.05, 0) is 75.8 Å². The Morgan fingerprint density at radius 2 is 1.91 bits per heavy atom. The van der Waals surface area contributed by atoms with Crippen LogP contribution in [0.3, 0.4) is 0 Å². The lowest BCUT2D eigenvalue weighted by atomic mass is 9.97.